The molecular formula is C23H16ClFN2O2. The Bertz CT molecular complexity index is 1160. The van der Waals surface area contributed by atoms with Gasteiger partial charge in [-0.25, -0.2) is 9.29 Å². The molecule has 0 atom stereocenters. The SMILES string of the molecule is Cc1ccc(Cl)cc1NC1=C(c2ccccc2)C(=O)N(c2cccc(F)c2)C1=O. The smallest absolute Gasteiger partial charge is 0.282 e. The second-order valence-electron chi connectivity index (χ2n) is 6.63. The molecule has 0 spiro atoms. The van der Waals surface area contributed by atoms with Crippen LogP contribution in [0.1, 0.15) is 11.1 Å². The molecule has 0 unspecified atom stereocenters. The van der Waals surface area contributed by atoms with Gasteiger partial charge in [-0.3, -0.25) is 9.59 Å². The van der Waals surface area contributed by atoms with Gasteiger partial charge in [-0.1, -0.05) is 54.1 Å². The van der Waals surface area contributed by atoms with Gasteiger partial charge in [0.2, 0.25) is 0 Å². The third-order valence-corrected chi connectivity index (χ3v) is 4.91. The molecule has 0 saturated carbocycles. The quantitative estimate of drug-likeness (QED) is 0.607. The Morgan fingerprint density at radius 1 is 0.897 bits per heavy atom. The highest BCUT2D eigenvalue weighted by molar-refractivity contribution is 6.46. The number of hydrogen-bond acceptors (Lipinski definition) is 3. The van der Waals surface area contributed by atoms with Crippen molar-refractivity contribution in [2.45, 2.75) is 6.92 Å². The van der Waals surface area contributed by atoms with Gasteiger partial charge in [0, 0.05) is 10.7 Å². The molecule has 29 heavy (non-hydrogen) atoms. The summed E-state index contributed by atoms with van der Waals surface area (Å²) in [5.74, 6) is -1.61. The van der Waals surface area contributed by atoms with Crippen LogP contribution in [0.25, 0.3) is 5.57 Å². The van der Waals surface area contributed by atoms with Crippen LogP contribution in [0.2, 0.25) is 5.02 Å². The number of amides is 2. The van der Waals surface area contributed by atoms with Crippen LogP contribution >= 0.6 is 11.6 Å². The van der Waals surface area contributed by atoms with Crippen molar-refractivity contribution in [2.24, 2.45) is 0 Å². The normalized spacial score (nSPS) is 14.0. The topological polar surface area (TPSA) is 49.4 Å². The number of nitrogens with one attached hydrogen (secondary N) is 1. The minimum Gasteiger partial charge on any atom is -0.350 e. The molecule has 0 radical (unpaired) electrons. The Hall–Kier alpha value is -3.44. The first-order chi connectivity index (χ1) is 14.0. The summed E-state index contributed by atoms with van der Waals surface area (Å²) in [5, 5.41) is 3.58. The number of benzene rings is 3. The Labute approximate surface area is 172 Å². The van der Waals surface area contributed by atoms with Crippen LogP contribution in [-0.2, 0) is 9.59 Å². The zero-order valence-electron chi connectivity index (χ0n) is 15.4. The van der Waals surface area contributed by atoms with Crippen LogP contribution in [0.3, 0.4) is 0 Å². The molecular weight excluding hydrogens is 391 g/mol. The van der Waals surface area contributed by atoms with Gasteiger partial charge in [0.25, 0.3) is 11.8 Å². The summed E-state index contributed by atoms with van der Waals surface area (Å²) in [7, 11) is 0. The van der Waals surface area contributed by atoms with E-state index in [2.05, 4.69) is 5.32 Å². The summed E-state index contributed by atoms with van der Waals surface area (Å²) < 4.78 is 13.7. The van der Waals surface area contributed by atoms with Crippen LogP contribution in [0.15, 0.2) is 78.5 Å². The second kappa shape index (κ2) is 7.53. The molecule has 1 aliphatic heterocycles. The number of halogens is 2. The number of rotatable bonds is 4. The molecule has 4 rings (SSSR count). The number of aryl methyl sites for hydroxylation is 1. The first-order valence-corrected chi connectivity index (χ1v) is 9.31. The third-order valence-electron chi connectivity index (χ3n) is 4.67. The van der Waals surface area contributed by atoms with Gasteiger partial charge in [0.05, 0.1) is 11.3 Å². The predicted octanol–water partition coefficient (Wildman–Crippen LogP) is 5.18. The highest BCUT2D eigenvalue weighted by Gasteiger charge is 2.40. The van der Waals surface area contributed by atoms with Crippen molar-refractivity contribution in [1.29, 1.82) is 0 Å². The van der Waals surface area contributed by atoms with Crippen LogP contribution < -0.4 is 10.2 Å². The minimum absolute atomic E-state index is 0.121. The van der Waals surface area contributed by atoms with Gasteiger partial charge in [-0.05, 0) is 48.4 Å². The molecule has 1 aliphatic rings. The van der Waals surface area contributed by atoms with E-state index < -0.39 is 17.6 Å². The number of anilines is 2. The fourth-order valence-corrected chi connectivity index (χ4v) is 3.40. The lowest BCUT2D eigenvalue weighted by Gasteiger charge is -2.16. The highest BCUT2D eigenvalue weighted by Crippen LogP contribution is 2.34. The first-order valence-electron chi connectivity index (χ1n) is 8.93. The van der Waals surface area contributed by atoms with Gasteiger partial charge in [0.1, 0.15) is 11.5 Å². The standard InChI is InChI=1S/C23H16ClFN2O2/c1-14-10-11-16(24)12-19(14)26-21-20(15-6-3-2-4-7-15)22(28)27(23(21)29)18-9-5-8-17(25)13-18/h2-13,26H,1H3. The van der Waals surface area contributed by atoms with Crippen LogP contribution in [-0.4, -0.2) is 11.8 Å². The molecule has 144 valence electrons. The molecule has 1 heterocycles. The molecule has 0 saturated heterocycles. The van der Waals surface area contributed by atoms with Crippen LogP contribution in [0.5, 0.6) is 0 Å². The van der Waals surface area contributed by atoms with Crippen molar-refractivity contribution in [2.75, 3.05) is 10.2 Å². The molecule has 3 aromatic rings. The lowest BCUT2D eigenvalue weighted by molar-refractivity contribution is -0.120. The summed E-state index contributed by atoms with van der Waals surface area (Å²) >= 11 is 6.10. The van der Waals surface area contributed by atoms with Gasteiger partial charge in [-0.15, -0.1) is 0 Å². The van der Waals surface area contributed by atoms with Gasteiger partial charge < -0.3 is 5.32 Å². The molecule has 0 bridgehead atoms. The van der Waals surface area contributed by atoms with E-state index in [0.29, 0.717) is 16.3 Å². The molecule has 2 amide bonds. The Morgan fingerprint density at radius 3 is 2.38 bits per heavy atom. The van der Waals surface area contributed by atoms with E-state index in [4.69, 9.17) is 11.6 Å². The lowest BCUT2D eigenvalue weighted by atomic mass is 10.0. The maximum absolute atomic E-state index is 13.7. The number of nitrogens with zero attached hydrogens (tertiary/aromatic N) is 1. The highest BCUT2D eigenvalue weighted by atomic mass is 35.5. The molecule has 0 aliphatic carbocycles. The van der Waals surface area contributed by atoms with Crippen molar-refractivity contribution in [3.05, 3.63) is 100 Å². The molecule has 6 heteroatoms. The molecule has 0 fully saturated rings. The molecule has 4 nitrogen and oxygen atoms in total. The van der Waals surface area contributed by atoms with E-state index in [1.807, 2.05) is 19.1 Å². The number of carbonyl (C=O) groups excluding carboxylic acids is 2. The number of carbonyl (C=O) groups is 2. The second-order valence-corrected chi connectivity index (χ2v) is 7.06. The summed E-state index contributed by atoms with van der Waals surface area (Å²) in [4.78, 5) is 27.5. The van der Waals surface area contributed by atoms with E-state index in [-0.39, 0.29) is 17.0 Å². The fourth-order valence-electron chi connectivity index (χ4n) is 3.23. The third kappa shape index (κ3) is 3.52. The number of hydrogen-bond donors (Lipinski definition) is 1. The summed E-state index contributed by atoms with van der Waals surface area (Å²) in [5.41, 5.74) is 2.58. The maximum atomic E-state index is 13.7. The average molecular weight is 407 g/mol. The van der Waals surface area contributed by atoms with Crippen LogP contribution in [0.4, 0.5) is 15.8 Å². The molecule has 0 aromatic heterocycles. The predicted molar refractivity (Wildman–Crippen MR) is 112 cm³/mol. The van der Waals surface area contributed by atoms with E-state index >= 15 is 0 Å². The van der Waals surface area contributed by atoms with Crippen molar-refractivity contribution in [3.63, 3.8) is 0 Å². The van der Waals surface area contributed by atoms with Crippen molar-refractivity contribution in [1.82, 2.24) is 0 Å². The van der Waals surface area contributed by atoms with E-state index in [0.717, 1.165) is 16.5 Å². The van der Waals surface area contributed by atoms with Gasteiger partial charge in [0.15, 0.2) is 0 Å². The monoisotopic (exact) mass is 406 g/mol. The van der Waals surface area contributed by atoms with E-state index in [1.165, 1.54) is 18.2 Å². The average Bonchev–Trinajstić information content (AvgIpc) is 2.95. The Kier molecular flexibility index (Phi) is 4.91. The maximum Gasteiger partial charge on any atom is 0.282 e. The fraction of sp³-hybridized carbons (Fsp3) is 0.0435. The summed E-state index contributed by atoms with van der Waals surface area (Å²) in [6, 6.07) is 19.5. The first kappa shape index (κ1) is 18.9. The zero-order chi connectivity index (χ0) is 20.5. The molecule has 1 N–H and O–H groups in total. The summed E-state index contributed by atoms with van der Waals surface area (Å²) in [6.07, 6.45) is 0. The van der Waals surface area contributed by atoms with Crippen molar-refractivity contribution in [3.8, 4) is 0 Å². The Morgan fingerprint density at radius 2 is 1.66 bits per heavy atom. The Balaban J connectivity index is 1.85. The van der Waals surface area contributed by atoms with Crippen molar-refractivity contribution < 1.29 is 14.0 Å². The number of imide groups is 1. The van der Waals surface area contributed by atoms with Crippen molar-refractivity contribution >= 4 is 40.4 Å². The molecule has 3 aromatic carbocycles. The lowest BCUT2D eigenvalue weighted by Crippen LogP contribution is -2.32. The van der Waals surface area contributed by atoms with E-state index in [1.54, 1.807) is 36.4 Å². The van der Waals surface area contributed by atoms with Gasteiger partial charge >= 0.3 is 0 Å². The zero-order valence-corrected chi connectivity index (χ0v) is 16.2. The minimum atomic E-state index is -0.557. The largest absolute Gasteiger partial charge is 0.350 e. The van der Waals surface area contributed by atoms with Gasteiger partial charge in [-0.2, -0.15) is 0 Å². The van der Waals surface area contributed by atoms with E-state index in [9.17, 15) is 14.0 Å². The van der Waals surface area contributed by atoms with Crippen LogP contribution in [0, 0.1) is 12.7 Å². The summed E-state index contributed by atoms with van der Waals surface area (Å²) in [6.45, 7) is 1.87.